The summed E-state index contributed by atoms with van der Waals surface area (Å²) in [7, 11) is 5.19. The monoisotopic (exact) mass is 399 g/mol. The van der Waals surface area contributed by atoms with Gasteiger partial charge in [0.25, 0.3) is 0 Å². The number of nitrogens with zero attached hydrogens (tertiary/aromatic N) is 3. The molecule has 0 bridgehead atoms. The number of thioether (sulfide) groups is 1. The number of methoxy groups -OCH3 is 2. The number of fused-ring (bicyclic) bond motifs is 1. The number of carbonyl (C=O) groups excluding carboxylic acids is 1. The molecule has 1 amide bonds. The van der Waals surface area contributed by atoms with E-state index in [0.717, 1.165) is 21.8 Å². The largest absolute Gasteiger partial charge is 0.493 e. The highest BCUT2D eigenvalue weighted by molar-refractivity contribution is 7.99. The predicted octanol–water partition coefficient (Wildman–Crippen LogP) is 3.73. The highest BCUT2D eigenvalue weighted by atomic mass is 32.2. The first-order valence-corrected chi connectivity index (χ1v) is 10.1. The number of amides is 1. The Balaban J connectivity index is 1.67. The molecule has 3 aromatic rings. The molecule has 0 spiro atoms. The Morgan fingerprint density at radius 2 is 1.89 bits per heavy atom. The van der Waals surface area contributed by atoms with E-state index in [9.17, 15) is 4.79 Å². The Labute approximate surface area is 169 Å². The molecule has 1 aromatic heterocycles. The van der Waals surface area contributed by atoms with Gasteiger partial charge in [-0.15, -0.1) is 0 Å². The molecular formula is C21H25N3O3S. The topological polar surface area (TPSA) is 56.6 Å². The van der Waals surface area contributed by atoms with Crippen molar-refractivity contribution < 1.29 is 14.3 Å². The molecule has 0 N–H and O–H groups in total. The van der Waals surface area contributed by atoms with Crippen LogP contribution in [0.25, 0.3) is 11.0 Å². The van der Waals surface area contributed by atoms with Crippen molar-refractivity contribution in [1.29, 1.82) is 0 Å². The van der Waals surface area contributed by atoms with E-state index in [4.69, 9.17) is 9.47 Å². The first-order chi connectivity index (χ1) is 13.6. The van der Waals surface area contributed by atoms with Crippen molar-refractivity contribution in [2.24, 2.45) is 7.05 Å². The highest BCUT2D eigenvalue weighted by Gasteiger charge is 2.16. The van der Waals surface area contributed by atoms with Crippen LogP contribution in [0.15, 0.2) is 47.6 Å². The minimum absolute atomic E-state index is 0.0781. The van der Waals surface area contributed by atoms with Gasteiger partial charge < -0.3 is 18.9 Å². The molecule has 7 heteroatoms. The summed E-state index contributed by atoms with van der Waals surface area (Å²) >= 11 is 1.46. The summed E-state index contributed by atoms with van der Waals surface area (Å²) in [4.78, 5) is 19.2. The number of ether oxygens (including phenoxy) is 2. The van der Waals surface area contributed by atoms with E-state index in [0.29, 0.717) is 30.3 Å². The van der Waals surface area contributed by atoms with Crippen LogP contribution in [0, 0.1) is 0 Å². The minimum atomic E-state index is 0.0781. The fraction of sp³-hybridized carbons (Fsp3) is 0.333. The maximum absolute atomic E-state index is 12.8. The third-order valence-electron chi connectivity index (χ3n) is 4.63. The number of aryl methyl sites for hydroxylation is 1. The summed E-state index contributed by atoms with van der Waals surface area (Å²) in [5.41, 5.74) is 3.01. The van der Waals surface area contributed by atoms with Crippen molar-refractivity contribution in [3.63, 3.8) is 0 Å². The van der Waals surface area contributed by atoms with Gasteiger partial charge in [-0.25, -0.2) is 4.98 Å². The maximum atomic E-state index is 12.8. The molecule has 0 radical (unpaired) electrons. The van der Waals surface area contributed by atoms with Gasteiger partial charge in [0.2, 0.25) is 5.91 Å². The molecule has 3 rings (SSSR count). The second-order valence-electron chi connectivity index (χ2n) is 6.33. The number of carbonyl (C=O) groups is 1. The molecule has 0 unspecified atom stereocenters. The molecule has 1 heterocycles. The molecule has 0 saturated heterocycles. The molecule has 0 atom stereocenters. The molecule has 0 aliphatic carbocycles. The van der Waals surface area contributed by atoms with Crippen LogP contribution in [0.5, 0.6) is 11.5 Å². The van der Waals surface area contributed by atoms with Crippen LogP contribution in [0.4, 0.5) is 0 Å². The van der Waals surface area contributed by atoms with Gasteiger partial charge in [-0.1, -0.05) is 30.0 Å². The van der Waals surface area contributed by atoms with Crippen molar-refractivity contribution in [2.75, 3.05) is 26.5 Å². The van der Waals surface area contributed by atoms with Gasteiger partial charge in [0, 0.05) is 20.1 Å². The Morgan fingerprint density at radius 3 is 2.57 bits per heavy atom. The number of rotatable bonds is 8. The van der Waals surface area contributed by atoms with Crippen molar-refractivity contribution in [3.8, 4) is 11.5 Å². The summed E-state index contributed by atoms with van der Waals surface area (Å²) in [5.74, 6) is 1.77. The highest BCUT2D eigenvalue weighted by Crippen LogP contribution is 2.28. The van der Waals surface area contributed by atoms with Gasteiger partial charge in [0.1, 0.15) is 0 Å². The molecule has 28 heavy (non-hydrogen) atoms. The van der Waals surface area contributed by atoms with E-state index in [1.807, 2.05) is 65.9 Å². The lowest BCUT2D eigenvalue weighted by molar-refractivity contribution is -0.128. The zero-order chi connectivity index (χ0) is 20.1. The van der Waals surface area contributed by atoms with Crippen LogP contribution in [0.2, 0.25) is 0 Å². The summed E-state index contributed by atoms with van der Waals surface area (Å²) in [6, 6.07) is 13.7. The predicted molar refractivity (Wildman–Crippen MR) is 112 cm³/mol. The Morgan fingerprint density at radius 1 is 1.14 bits per heavy atom. The van der Waals surface area contributed by atoms with E-state index in [2.05, 4.69) is 4.98 Å². The number of aromatic nitrogens is 2. The van der Waals surface area contributed by atoms with Gasteiger partial charge in [0.15, 0.2) is 16.7 Å². The molecule has 148 valence electrons. The van der Waals surface area contributed by atoms with Crippen LogP contribution in [0.3, 0.4) is 0 Å². The van der Waals surface area contributed by atoms with Crippen LogP contribution in [-0.4, -0.2) is 46.9 Å². The van der Waals surface area contributed by atoms with Gasteiger partial charge in [-0.05, 0) is 36.8 Å². The zero-order valence-electron chi connectivity index (χ0n) is 16.6. The maximum Gasteiger partial charge on any atom is 0.233 e. The molecule has 6 nitrogen and oxygen atoms in total. The third-order valence-corrected chi connectivity index (χ3v) is 5.64. The number of hydrogen-bond donors (Lipinski definition) is 0. The fourth-order valence-corrected chi connectivity index (χ4v) is 3.94. The van der Waals surface area contributed by atoms with Crippen LogP contribution in [0.1, 0.15) is 12.5 Å². The number of hydrogen-bond acceptors (Lipinski definition) is 5. The normalized spacial score (nSPS) is 10.9. The van der Waals surface area contributed by atoms with Gasteiger partial charge in [-0.3, -0.25) is 4.79 Å². The van der Waals surface area contributed by atoms with Crippen LogP contribution >= 0.6 is 11.8 Å². The molecular weight excluding hydrogens is 374 g/mol. The van der Waals surface area contributed by atoms with Gasteiger partial charge in [-0.2, -0.15) is 0 Å². The Kier molecular flexibility index (Phi) is 6.46. The molecule has 0 saturated carbocycles. The standard InChI is InChI=1S/C21H25N3O3S/c1-5-24(13-15-10-11-18(26-3)19(12-15)27-4)20(25)14-28-21-22-16-8-6-7-9-17(16)23(21)2/h6-12H,5,13-14H2,1-4H3. The fourth-order valence-electron chi connectivity index (χ4n) is 3.05. The number of benzene rings is 2. The summed E-state index contributed by atoms with van der Waals surface area (Å²) in [6.45, 7) is 3.15. The number of para-hydroxylation sites is 2. The molecule has 2 aromatic carbocycles. The lowest BCUT2D eigenvalue weighted by Crippen LogP contribution is -2.31. The Hall–Kier alpha value is -2.67. The third kappa shape index (κ3) is 4.25. The summed E-state index contributed by atoms with van der Waals surface area (Å²) in [6.07, 6.45) is 0. The minimum Gasteiger partial charge on any atom is -0.493 e. The molecule has 0 aliphatic heterocycles. The van der Waals surface area contributed by atoms with Crippen molar-refractivity contribution in [3.05, 3.63) is 48.0 Å². The average molecular weight is 400 g/mol. The molecule has 0 fully saturated rings. The lowest BCUT2D eigenvalue weighted by atomic mass is 10.2. The average Bonchev–Trinajstić information content (AvgIpc) is 3.05. The lowest BCUT2D eigenvalue weighted by Gasteiger charge is -2.21. The van der Waals surface area contributed by atoms with E-state index < -0.39 is 0 Å². The SMILES string of the molecule is CCN(Cc1ccc(OC)c(OC)c1)C(=O)CSc1nc2ccccc2n1C. The first kappa shape index (κ1) is 20.1. The van der Waals surface area contributed by atoms with E-state index >= 15 is 0 Å². The van der Waals surface area contributed by atoms with Crippen molar-refractivity contribution >= 4 is 28.7 Å². The first-order valence-electron chi connectivity index (χ1n) is 9.10. The van der Waals surface area contributed by atoms with E-state index in [1.165, 1.54) is 11.8 Å². The second kappa shape index (κ2) is 9.01. The van der Waals surface area contributed by atoms with Crippen molar-refractivity contribution in [1.82, 2.24) is 14.5 Å². The molecule has 0 aliphatic rings. The number of imidazole rings is 1. The van der Waals surface area contributed by atoms with Crippen LogP contribution in [-0.2, 0) is 18.4 Å². The van der Waals surface area contributed by atoms with Gasteiger partial charge >= 0.3 is 0 Å². The summed E-state index contributed by atoms with van der Waals surface area (Å²) < 4.78 is 12.7. The van der Waals surface area contributed by atoms with E-state index in [-0.39, 0.29) is 5.91 Å². The zero-order valence-corrected chi connectivity index (χ0v) is 17.5. The quantitative estimate of drug-likeness (QED) is 0.540. The summed E-state index contributed by atoms with van der Waals surface area (Å²) in [5, 5.41) is 0.844. The van der Waals surface area contributed by atoms with Crippen molar-refractivity contribution in [2.45, 2.75) is 18.6 Å². The smallest absolute Gasteiger partial charge is 0.233 e. The second-order valence-corrected chi connectivity index (χ2v) is 7.27. The Bertz CT molecular complexity index is 971. The van der Waals surface area contributed by atoms with Gasteiger partial charge in [0.05, 0.1) is 31.0 Å². The van der Waals surface area contributed by atoms with E-state index in [1.54, 1.807) is 14.2 Å². The van der Waals surface area contributed by atoms with Crippen LogP contribution < -0.4 is 9.47 Å².